The molecule has 0 fully saturated rings. The molecule has 9 heteroatoms. The summed E-state index contributed by atoms with van der Waals surface area (Å²) in [6.07, 6.45) is 2.23. The van der Waals surface area contributed by atoms with Crippen molar-refractivity contribution < 1.29 is 27.4 Å². The number of nitrogens with zero attached hydrogens (tertiary/aromatic N) is 1. The minimum atomic E-state index is -3.77. The number of carbonyl (C=O) groups excluding carboxylic acids is 1. The Bertz CT molecular complexity index is 1230. The molecule has 0 aliphatic heterocycles. The molecule has 178 valence electrons. The summed E-state index contributed by atoms with van der Waals surface area (Å²) < 4.78 is 41.2. The van der Waals surface area contributed by atoms with Gasteiger partial charge in [0.25, 0.3) is 10.0 Å². The Morgan fingerprint density at radius 3 is 2.35 bits per heavy atom. The van der Waals surface area contributed by atoms with Crippen LogP contribution in [-0.4, -0.2) is 33.8 Å². The SMILES string of the molecule is CCCOc1ccc(C(=O)Oc2ccc(/C=N/NS(=O)(=O)c3ccccc3)cc2OCC)cc1. The van der Waals surface area contributed by atoms with Crippen LogP contribution in [0.3, 0.4) is 0 Å². The third-order valence-electron chi connectivity index (χ3n) is 4.47. The predicted molar refractivity (Wildman–Crippen MR) is 129 cm³/mol. The fourth-order valence-electron chi connectivity index (χ4n) is 2.85. The van der Waals surface area contributed by atoms with Crippen molar-refractivity contribution >= 4 is 22.2 Å². The highest BCUT2D eigenvalue weighted by Crippen LogP contribution is 2.29. The van der Waals surface area contributed by atoms with Crippen LogP contribution in [0, 0.1) is 0 Å². The van der Waals surface area contributed by atoms with Crippen molar-refractivity contribution in [1.29, 1.82) is 0 Å². The fraction of sp³-hybridized carbons (Fsp3) is 0.200. The maximum absolute atomic E-state index is 12.6. The maximum atomic E-state index is 12.6. The van der Waals surface area contributed by atoms with Crippen molar-refractivity contribution in [2.24, 2.45) is 5.10 Å². The van der Waals surface area contributed by atoms with Gasteiger partial charge in [-0.15, -0.1) is 0 Å². The minimum absolute atomic E-state index is 0.106. The number of hydrazone groups is 1. The molecule has 1 N–H and O–H groups in total. The summed E-state index contributed by atoms with van der Waals surface area (Å²) in [5.41, 5.74) is 0.920. The van der Waals surface area contributed by atoms with Crippen LogP contribution >= 0.6 is 0 Å². The Kier molecular flexibility index (Phi) is 8.64. The van der Waals surface area contributed by atoms with Crippen molar-refractivity contribution in [3.63, 3.8) is 0 Å². The van der Waals surface area contributed by atoms with E-state index in [4.69, 9.17) is 14.2 Å². The maximum Gasteiger partial charge on any atom is 0.343 e. The van der Waals surface area contributed by atoms with Gasteiger partial charge in [0, 0.05) is 0 Å². The molecule has 3 aromatic rings. The van der Waals surface area contributed by atoms with Gasteiger partial charge in [-0.25, -0.2) is 9.63 Å². The third-order valence-corrected chi connectivity index (χ3v) is 5.71. The molecule has 0 unspecified atom stereocenters. The largest absolute Gasteiger partial charge is 0.494 e. The van der Waals surface area contributed by atoms with Gasteiger partial charge in [-0.3, -0.25) is 0 Å². The first-order valence-corrected chi connectivity index (χ1v) is 12.2. The number of ether oxygens (including phenoxy) is 3. The summed E-state index contributed by atoms with van der Waals surface area (Å²) in [5.74, 6) is 0.703. The standard InChI is InChI=1S/C25H26N2O6S/c1-3-16-32-21-13-11-20(12-14-21)25(28)33-23-15-10-19(17-24(23)31-4-2)18-26-27-34(29,30)22-8-6-5-7-9-22/h5-15,17-18,27H,3-4,16H2,1-2H3/b26-18+. The average Bonchev–Trinajstić information content (AvgIpc) is 2.85. The molecule has 3 rings (SSSR count). The Hall–Kier alpha value is -3.85. The molecule has 0 aromatic heterocycles. The summed E-state index contributed by atoms with van der Waals surface area (Å²) in [6.45, 7) is 4.76. The lowest BCUT2D eigenvalue weighted by molar-refractivity contribution is 0.0728. The second-order valence-electron chi connectivity index (χ2n) is 7.07. The number of carbonyl (C=O) groups is 1. The number of esters is 1. The summed E-state index contributed by atoms with van der Waals surface area (Å²) in [6, 6.07) is 19.4. The van der Waals surface area contributed by atoms with Crippen LogP contribution in [0.25, 0.3) is 0 Å². The van der Waals surface area contributed by atoms with Crippen molar-refractivity contribution in [1.82, 2.24) is 4.83 Å². The Labute approximate surface area is 199 Å². The van der Waals surface area contributed by atoms with Gasteiger partial charge in [0.15, 0.2) is 11.5 Å². The van der Waals surface area contributed by atoms with Gasteiger partial charge < -0.3 is 14.2 Å². The van der Waals surface area contributed by atoms with Gasteiger partial charge in [-0.1, -0.05) is 25.1 Å². The summed E-state index contributed by atoms with van der Waals surface area (Å²) in [7, 11) is -3.77. The molecule has 0 bridgehead atoms. The monoisotopic (exact) mass is 482 g/mol. The van der Waals surface area contributed by atoms with Crippen molar-refractivity contribution in [2.75, 3.05) is 13.2 Å². The summed E-state index contributed by atoms with van der Waals surface area (Å²) >= 11 is 0. The molecule has 0 aliphatic rings. The van der Waals surface area contributed by atoms with E-state index in [2.05, 4.69) is 9.93 Å². The highest BCUT2D eigenvalue weighted by atomic mass is 32.2. The number of hydrogen-bond donors (Lipinski definition) is 1. The summed E-state index contributed by atoms with van der Waals surface area (Å²) in [4.78, 5) is 14.8. The molecule has 0 radical (unpaired) electrons. The molecule has 0 atom stereocenters. The van der Waals surface area contributed by atoms with Crippen LogP contribution in [0.15, 0.2) is 82.8 Å². The van der Waals surface area contributed by atoms with Gasteiger partial charge in [0.2, 0.25) is 0 Å². The molecule has 0 spiro atoms. The Balaban J connectivity index is 1.70. The molecule has 0 amide bonds. The molecule has 0 aliphatic carbocycles. The molecule has 0 saturated heterocycles. The number of nitrogens with one attached hydrogen (secondary N) is 1. The van der Waals surface area contributed by atoms with Crippen LogP contribution in [0.5, 0.6) is 17.2 Å². The first-order chi connectivity index (χ1) is 16.4. The lowest BCUT2D eigenvalue weighted by atomic mass is 10.2. The van der Waals surface area contributed by atoms with E-state index in [0.717, 1.165) is 6.42 Å². The number of sulfonamides is 1. The fourth-order valence-corrected chi connectivity index (χ4v) is 3.66. The van der Waals surface area contributed by atoms with Crippen LogP contribution in [-0.2, 0) is 10.0 Å². The van der Waals surface area contributed by atoms with Gasteiger partial charge in [-0.2, -0.15) is 13.5 Å². The Morgan fingerprint density at radius 2 is 1.68 bits per heavy atom. The van der Waals surface area contributed by atoms with Crippen molar-refractivity contribution in [3.05, 3.63) is 83.9 Å². The van der Waals surface area contributed by atoms with Crippen LogP contribution in [0.1, 0.15) is 36.2 Å². The van der Waals surface area contributed by atoms with Gasteiger partial charge in [-0.05, 0) is 73.5 Å². The minimum Gasteiger partial charge on any atom is -0.494 e. The zero-order valence-corrected chi connectivity index (χ0v) is 19.7. The molecule has 0 saturated carbocycles. The molecule has 8 nitrogen and oxygen atoms in total. The van der Waals surface area contributed by atoms with Crippen molar-refractivity contribution in [3.8, 4) is 17.2 Å². The average molecular weight is 483 g/mol. The predicted octanol–water partition coefficient (Wildman–Crippen LogP) is 4.41. The van der Waals surface area contributed by atoms with E-state index in [1.54, 1.807) is 67.6 Å². The molecular weight excluding hydrogens is 456 g/mol. The zero-order chi connectivity index (χ0) is 24.4. The van der Waals surface area contributed by atoms with E-state index in [1.807, 2.05) is 6.92 Å². The lowest BCUT2D eigenvalue weighted by Crippen LogP contribution is -2.18. The van der Waals surface area contributed by atoms with E-state index in [9.17, 15) is 13.2 Å². The lowest BCUT2D eigenvalue weighted by Gasteiger charge is -2.12. The normalized spacial score (nSPS) is 11.2. The van der Waals surface area contributed by atoms with Crippen LogP contribution in [0.2, 0.25) is 0 Å². The molecular formula is C25H26N2O6S. The van der Waals surface area contributed by atoms with Crippen LogP contribution < -0.4 is 19.0 Å². The van der Waals surface area contributed by atoms with Gasteiger partial charge in [0.05, 0.1) is 29.9 Å². The number of hydrogen-bond acceptors (Lipinski definition) is 7. The van der Waals surface area contributed by atoms with E-state index < -0.39 is 16.0 Å². The first-order valence-electron chi connectivity index (χ1n) is 10.7. The third kappa shape index (κ3) is 6.82. The quantitative estimate of drug-likeness (QED) is 0.188. The number of benzene rings is 3. The van der Waals surface area contributed by atoms with E-state index >= 15 is 0 Å². The van der Waals surface area contributed by atoms with Gasteiger partial charge >= 0.3 is 5.97 Å². The molecule has 3 aromatic carbocycles. The zero-order valence-electron chi connectivity index (χ0n) is 18.9. The molecule has 0 heterocycles. The van der Waals surface area contributed by atoms with E-state index in [0.29, 0.717) is 35.8 Å². The summed E-state index contributed by atoms with van der Waals surface area (Å²) in [5, 5.41) is 3.82. The highest BCUT2D eigenvalue weighted by Gasteiger charge is 2.14. The van der Waals surface area contributed by atoms with Gasteiger partial charge in [0.1, 0.15) is 5.75 Å². The topological polar surface area (TPSA) is 103 Å². The number of rotatable bonds is 11. The smallest absolute Gasteiger partial charge is 0.343 e. The van der Waals surface area contributed by atoms with Crippen molar-refractivity contribution in [2.45, 2.75) is 25.2 Å². The van der Waals surface area contributed by atoms with Crippen LogP contribution in [0.4, 0.5) is 0 Å². The Morgan fingerprint density at radius 1 is 0.941 bits per heavy atom. The second kappa shape index (κ2) is 11.9. The molecule has 34 heavy (non-hydrogen) atoms. The highest BCUT2D eigenvalue weighted by molar-refractivity contribution is 7.89. The van der Waals surface area contributed by atoms with E-state index in [1.165, 1.54) is 18.3 Å². The second-order valence-corrected chi connectivity index (χ2v) is 8.73. The van der Waals surface area contributed by atoms with E-state index in [-0.39, 0.29) is 10.6 Å². The first kappa shape index (κ1) is 24.8.